The molecule has 0 atom stereocenters. The first kappa shape index (κ1) is 15.5. The van der Waals surface area contributed by atoms with Crippen LogP contribution >= 0.6 is 0 Å². The van der Waals surface area contributed by atoms with Crippen LogP contribution in [-0.4, -0.2) is 23.2 Å². The van der Waals surface area contributed by atoms with E-state index in [1.807, 2.05) is 18.2 Å². The average molecular weight is 331 g/mol. The zero-order valence-corrected chi connectivity index (χ0v) is 12.4. The van der Waals surface area contributed by atoms with Gasteiger partial charge < -0.3 is 14.8 Å². The van der Waals surface area contributed by atoms with Gasteiger partial charge in [-0.2, -0.15) is 0 Å². The summed E-state index contributed by atoms with van der Waals surface area (Å²) in [7, 11) is 0. The van der Waals surface area contributed by atoms with Gasteiger partial charge in [-0.1, -0.05) is 6.07 Å². The summed E-state index contributed by atoms with van der Waals surface area (Å²) < 4.78 is 10.5. The minimum Gasteiger partial charge on any atom is -0.454 e. The van der Waals surface area contributed by atoms with Gasteiger partial charge in [0.1, 0.15) is 5.69 Å². The minimum atomic E-state index is -0.663. The lowest BCUT2D eigenvalue weighted by atomic mass is 10.1. The van der Waals surface area contributed by atoms with Crippen LogP contribution in [0.1, 0.15) is 5.56 Å². The van der Waals surface area contributed by atoms with Gasteiger partial charge in [-0.05, 0) is 30.2 Å². The molecule has 0 bridgehead atoms. The lowest BCUT2D eigenvalue weighted by molar-refractivity contribution is -0.393. The van der Waals surface area contributed by atoms with E-state index in [0.717, 1.165) is 11.6 Å². The molecule has 0 aliphatic carbocycles. The van der Waals surface area contributed by atoms with Crippen LogP contribution in [-0.2, 0) is 6.42 Å². The fourth-order valence-corrected chi connectivity index (χ4v) is 2.37. The second kappa shape index (κ2) is 6.41. The van der Waals surface area contributed by atoms with Gasteiger partial charge in [0.2, 0.25) is 6.79 Å². The van der Waals surface area contributed by atoms with Gasteiger partial charge in [0.05, 0.1) is 15.9 Å². The van der Waals surface area contributed by atoms with Gasteiger partial charge in [0, 0.05) is 12.6 Å². The number of rotatable bonds is 6. The molecule has 1 aliphatic heterocycles. The fraction of sp³-hybridized carbons (Fsp3) is 0.200. The molecule has 0 spiro atoms. The third-order valence-electron chi connectivity index (χ3n) is 3.55. The van der Waals surface area contributed by atoms with Crippen molar-refractivity contribution in [3.8, 4) is 11.5 Å². The number of non-ortho nitro benzene ring substituents is 1. The molecule has 0 aromatic heterocycles. The van der Waals surface area contributed by atoms with Crippen LogP contribution in [0.2, 0.25) is 0 Å². The van der Waals surface area contributed by atoms with Crippen molar-refractivity contribution in [1.82, 2.24) is 0 Å². The standard InChI is InChI=1S/C15H13N3O6/c19-17(20)11-2-3-12(13(8-11)18(21)22)16-6-5-10-1-4-14-15(7-10)24-9-23-14/h1-4,7-8,16H,5-6,9H2. The maximum Gasteiger partial charge on any atom is 0.299 e. The molecule has 0 amide bonds. The molecule has 9 heteroatoms. The molecule has 0 radical (unpaired) electrons. The number of nitrogens with one attached hydrogen (secondary N) is 1. The Bertz CT molecular complexity index is 808. The lowest BCUT2D eigenvalue weighted by Gasteiger charge is -2.07. The molecule has 24 heavy (non-hydrogen) atoms. The summed E-state index contributed by atoms with van der Waals surface area (Å²) in [5.74, 6) is 1.37. The number of nitro groups is 2. The van der Waals surface area contributed by atoms with Crippen LogP contribution in [0.15, 0.2) is 36.4 Å². The Kier molecular flexibility index (Phi) is 4.15. The molecule has 1 heterocycles. The molecular weight excluding hydrogens is 318 g/mol. The highest BCUT2D eigenvalue weighted by Gasteiger charge is 2.19. The minimum absolute atomic E-state index is 0.200. The molecule has 1 N–H and O–H groups in total. The number of anilines is 1. The fourth-order valence-electron chi connectivity index (χ4n) is 2.37. The van der Waals surface area contributed by atoms with Crippen LogP contribution in [0.5, 0.6) is 11.5 Å². The predicted molar refractivity (Wildman–Crippen MR) is 84.5 cm³/mol. The highest BCUT2D eigenvalue weighted by atomic mass is 16.7. The number of nitro benzene ring substituents is 2. The summed E-state index contributed by atoms with van der Waals surface area (Å²) in [4.78, 5) is 20.5. The Morgan fingerprint density at radius 2 is 1.79 bits per heavy atom. The molecule has 0 saturated carbocycles. The number of nitrogens with zero attached hydrogens (tertiary/aromatic N) is 2. The van der Waals surface area contributed by atoms with Crippen molar-refractivity contribution in [3.05, 3.63) is 62.2 Å². The maximum absolute atomic E-state index is 11.1. The number of fused-ring (bicyclic) bond motifs is 1. The van der Waals surface area contributed by atoms with Crippen LogP contribution < -0.4 is 14.8 Å². The van der Waals surface area contributed by atoms with Crippen molar-refractivity contribution in [3.63, 3.8) is 0 Å². The Balaban J connectivity index is 1.68. The summed E-state index contributed by atoms with van der Waals surface area (Å²) in [5.41, 5.74) is 0.584. The summed E-state index contributed by atoms with van der Waals surface area (Å²) >= 11 is 0. The first-order valence-electron chi connectivity index (χ1n) is 7.10. The molecule has 124 valence electrons. The van der Waals surface area contributed by atoms with Crippen LogP contribution in [0, 0.1) is 20.2 Å². The smallest absolute Gasteiger partial charge is 0.299 e. The van der Waals surface area contributed by atoms with E-state index in [0.29, 0.717) is 24.5 Å². The van der Waals surface area contributed by atoms with E-state index in [1.54, 1.807) is 0 Å². The largest absolute Gasteiger partial charge is 0.454 e. The van der Waals surface area contributed by atoms with E-state index in [1.165, 1.54) is 12.1 Å². The summed E-state index contributed by atoms with van der Waals surface area (Å²) in [6.07, 6.45) is 0.602. The first-order chi connectivity index (χ1) is 11.5. The quantitative estimate of drug-likeness (QED) is 0.639. The molecule has 2 aromatic carbocycles. The maximum atomic E-state index is 11.1. The monoisotopic (exact) mass is 331 g/mol. The highest BCUT2D eigenvalue weighted by molar-refractivity contribution is 5.65. The number of ether oxygens (including phenoxy) is 2. The van der Waals surface area contributed by atoms with E-state index in [-0.39, 0.29) is 23.9 Å². The zero-order chi connectivity index (χ0) is 17.1. The normalized spacial score (nSPS) is 12.0. The number of hydrogen-bond donors (Lipinski definition) is 1. The van der Waals surface area contributed by atoms with Crippen molar-refractivity contribution >= 4 is 17.1 Å². The Morgan fingerprint density at radius 3 is 2.54 bits per heavy atom. The van der Waals surface area contributed by atoms with Crippen molar-refractivity contribution in [2.45, 2.75) is 6.42 Å². The average Bonchev–Trinajstić information content (AvgIpc) is 3.02. The summed E-state index contributed by atoms with van der Waals surface area (Å²) in [5, 5.41) is 24.7. The number of benzene rings is 2. The second-order valence-corrected chi connectivity index (χ2v) is 5.08. The predicted octanol–water partition coefficient (Wildman–Crippen LogP) is 2.89. The zero-order valence-electron chi connectivity index (χ0n) is 12.4. The van der Waals surface area contributed by atoms with E-state index >= 15 is 0 Å². The molecule has 0 saturated heterocycles. The van der Waals surface area contributed by atoms with Gasteiger partial charge in [0.15, 0.2) is 11.5 Å². The third-order valence-corrected chi connectivity index (χ3v) is 3.55. The van der Waals surface area contributed by atoms with Crippen LogP contribution in [0.3, 0.4) is 0 Å². The van der Waals surface area contributed by atoms with E-state index in [2.05, 4.69) is 5.32 Å². The molecule has 2 aromatic rings. The van der Waals surface area contributed by atoms with Crippen molar-refractivity contribution in [2.75, 3.05) is 18.7 Å². The summed E-state index contributed by atoms with van der Waals surface area (Å²) in [6, 6.07) is 9.08. The van der Waals surface area contributed by atoms with Gasteiger partial charge in [-0.15, -0.1) is 0 Å². The van der Waals surface area contributed by atoms with Crippen molar-refractivity contribution in [2.24, 2.45) is 0 Å². The van der Waals surface area contributed by atoms with Crippen LogP contribution in [0.25, 0.3) is 0 Å². The molecule has 3 rings (SSSR count). The SMILES string of the molecule is O=[N+]([O-])c1ccc(NCCc2ccc3c(c2)OCO3)c([N+](=O)[O-])c1. The van der Waals surface area contributed by atoms with Crippen molar-refractivity contribution in [1.29, 1.82) is 0 Å². The Labute approximate surface area is 136 Å². The molecular formula is C15H13N3O6. The second-order valence-electron chi connectivity index (χ2n) is 5.08. The molecule has 0 fully saturated rings. The van der Waals surface area contributed by atoms with Gasteiger partial charge in [-0.3, -0.25) is 20.2 Å². The summed E-state index contributed by atoms with van der Waals surface area (Å²) in [6.45, 7) is 0.629. The Morgan fingerprint density at radius 1 is 1.00 bits per heavy atom. The molecule has 9 nitrogen and oxygen atoms in total. The topological polar surface area (TPSA) is 117 Å². The van der Waals surface area contributed by atoms with Gasteiger partial charge in [-0.25, -0.2) is 0 Å². The lowest BCUT2D eigenvalue weighted by Crippen LogP contribution is -2.07. The number of hydrogen-bond acceptors (Lipinski definition) is 7. The highest BCUT2D eigenvalue weighted by Crippen LogP contribution is 2.33. The van der Waals surface area contributed by atoms with Crippen molar-refractivity contribution < 1.29 is 19.3 Å². The first-order valence-corrected chi connectivity index (χ1v) is 7.10. The van der Waals surface area contributed by atoms with E-state index in [4.69, 9.17) is 9.47 Å². The van der Waals surface area contributed by atoms with E-state index in [9.17, 15) is 20.2 Å². The van der Waals surface area contributed by atoms with Gasteiger partial charge >= 0.3 is 0 Å². The molecule has 1 aliphatic rings. The van der Waals surface area contributed by atoms with E-state index < -0.39 is 9.85 Å². The van der Waals surface area contributed by atoms with Gasteiger partial charge in [0.25, 0.3) is 11.4 Å². The molecule has 0 unspecified atom stereocenters. The Hall–Kier alpha value is -3.36. The van der Waals surface area contributed by atoms with Crippen LogP contribution in [0.4, 0.5) is 17.1 Å². The third kappa shape index (κ3) is 3.19.